The standard InChI is InChI=1S/C20H18N2O3.Na/c23-19(12-16(20(24)25)10-14-6-2-1-3-7-14)22-17-11-15-8-4-5-9-18(15)21-13-17;/h1-9,11,13,16H,10,12H2,(H,22,23)(H,24,25);/q;+1/p-1. The summed E-state index contributed by atoms with van der Waals surface area (Å²) < 4.78 is 0. The predicted octanol–water partition coefficient (Wildman–Crippen LogP) is -0.824. The molecule has 26 heavy (non-hydrogen) atoms. The van der Waals surface area contributed by atoms with E-state index in [4.69, 9.17) is 0 Å². The molecule has 1 N–H and O–H groups in total. The third-order valence-corrected chi connectivity index (χ3v) is 3.96. The van der Waals surface area contributed by atoms with Crippen LogP contribution in [-0.4, -0.2) is 16.9 Å². The average Bonchev–Trinajstić information content (AvgIpc) is 2.62. The molecular weight excluding hydrogens is 339 g/mol. The molecule has 1 heterocycles. The molecule has 1 amide bonds. The summed E-state index contributed by atoms with van der Waals surface area (Å²) in [5.74, 6) is -2.48. The first-order chi connectivity index (χ1) is 12.1. The molecule has 0 fully saturated rings. The van der Waals surface area contributed by atoms with Crippen LogP contribution in [0.2, 0.25) is 0 Å². The van der Waals surface area contributed by atoms with Gasteiger partial charge in [0, 0.05) is 23.7 Å². The maximum atomic E-state index is 12.2. The number of nitrogens with one attached hydrogen (secondary N) is 1. The van der Waals surface area contributed by atoms with E-state index >= 15 is 0 Å². The van der Waals surface area contributed by atoms with Crippen LogP contribution in [0.15, 0.2) is 66.9 Å². The Morgan fingerprint density at radius 2 is 1.73 bits per heavy atom. The molecule has 1 unspecified atom stereocenters. The van der Waals surface area contributed by atoms with Crippen molar-refractivity contribution in [3.05, 3.63) is 72.4 Å². The van der Waals surface area contributed by atoms with Gasteiger partial charge in [0.2, 0.25) is 5.91 Å². The Balaban J connectivity index is 0.00000243. The summed E-state index contributed by atoms with van der Waals surface area (Å²) >= 11 is 0. The Morgan fingerprint density at radius 1 is 1.04 bits per heavy atom. The molecule has 3 aromatic rings. The predicted molar refractivity (Wildman–Crippen MR) is 93.6 cm³/mol. The minimum Gasteiger partial charge on any atom is -0.550 e. The van der Waals surface area contributed by atoms with Crippen molar-refractivity contribution >= 4 is 28.5 Å². The number of aliphatic carboxylic acids is 1. The van der Waals surface area contributed by atoms with Crippen LogP contribution in [-0.2, 0) is 16.0 Å². The monoisotopic (exact) mass is 356 g/mol. The number of fused-ring (bicyclic) bond motifs is 1. The second kappa shape index (κ2) is 9.48. The van der Waals surface area contributed by atoms with Crippen LogP contribution in [0.5, 0.6) is 0 Å². The van der Waals surface area contributed by atoms with E-state index in [9.17, 15) is 14.7 Å². The summed E-state index contributed by atoms with van der Waals surface area (Å²) in [5.41, 5.74) is 2.23. The summed E-state index contributed by atoms with van der Waals surface area (Å²) in [6, 6.07) is 18.6. The zero-order chi connectivity index (χ0) is 17.6. The van der Waals surface area contributed by atoms with Crippen LogP contribution >= 0.6 is 0 Å². The van der Waals surface area contributed by atoms with Crippen LogP contribution < -0.4 is 40.0 Å². The van der Waals surface area contributed by atoms with E-state index in [1.807, 2.05) is 60.7 Å². The van der Waals surface area contributed by atoms with Crippen molar-refractivity contribution in [2.45, 2.75) is 12.8 Å². The average molecular weight is 356 g/mol. The van der Waals surface area contributed by atoms with Gasteiger partial charge in [0.1, 0.15) is 0 Å². The SMILES string of the molecule is O=C(CC(Cc1ccccc1)C(=O)[O-])Nc1cnc2ccccc2c1.[Na+]. The molecule has 0 spiro atoms. The first kappa shape index (κ1) is 20.1. The molecule has 0 aliphatic rings. The fraction of sp³-hybridized carbons (Fsp3) is 0.150. The number of carboxylic acids is 1. The van der Waals surface area contributed by atoms with Crippen molar-refractivity contribution in [3.8, 4) is 0 Å². The van der Waals surface area contributed by atoms with Crippen LogP contribution in [0.1, 0.15) is 12.0 Å². The number of carbonyl (C=O) groups excluding carboxylic acids is 2. The Bertz CT molecular complexity index is 900. The van der Waals surface area contributed by atoms with Gasteiger partial charge in [-0.05, 0) is 24.1 Å². The van der Waals surface area contributed by atoms with E-state index in [1.165, 1.54) is 0 Å². The number of carbonyl (C=O) groups is 2. The molecule has 126 valence electrons. The van der Waals surface area contributed by atoms with E-state index in [0.29, 0.717) is 5.69 Å². The van der Waals surface area contributed by atoms with Crippen LogP contribution in [0.4, 0.5) is 5.69 Å². The summed E-state index contributed by atoms with van der Waals surface area (Å²) in [6.45, 7) is 0. The summed E-state index contributed by atoms with van der Waals surface area (Å²) in [7, 11) is 0. The number of rotatable bonds is 6. The fourth-order valence-electron chi connectivity index (χ4n) is 2.71. The van der Waals surface area contributed by atoms with Gasteiger partial charge in [-0.3, -0.25) is 9.78 Å². The Hall–Kier alpha value is -2.21. The molecule has 3 rings (SSSR count). The number of nitrogens with zero attached hydrogens (tertiary/aromatic N) is 1. The molecular formula is C20H17N2NaO3. The van der Waals surface area contributed by atoms with Crippen molar-refractivity contribution in [2.24, 2.45) is 5.92 Å². The minimum absolute atomic E-state index is 0. The van der Waals surface area contributed by atoms with Crippen molar-refractivity contribution < 1.29 is 44.3 Å². The number of para-hydroxylation sites is 1. The van der Waals surface area contributed by atoms with Gasteiger partial charge >= 0.3 is 29.6 Å². The van der Waals surface area contributed by atoms with Gasteiger partial charge in [-0.1, -0.05) is 48.5 Å². The molecule has 1 atom stereocenters. The van der Waals surface area contributed by atoms with Crippen molar-refractivity contribution in [2.75, 3.05) is 5.32 Å². The Kier molecular flexibility index (Phi) is 7.33. The van der Waals surface area contributed by atoms with E-state index in [1.54, 1.807) is 6.20 Å². The van der Waals surface area contributed by atoms with Gasteiger partial charge in [0.05, 0.1) is 17.4 Å². The number of amides is 1. The van der Waals surface area contributed by atoms with Gasteiger partial charge < -0.3 is 15.2 Å². The van der Waals surface area contributed by atoms with Crippen LogP contribution in [0, 0.1) is 5.92 Å². The molecule has 0 saturated carbocycles. The quantitative estimate of drug-likeness (QED) is 0.585. The van der Waals surface area contributed by atoms with Crippen molar-refractivity contribution in [3.63, 3.8) is 0 Å². The van der Waals surface area contributed by atoms with Crippen LogP contribution in [0.3, 0.4) is 0 Å². The Labute approximate surface area is 173 Å². The number of benzene rings is 2. The molecule has 0 saturated heterocycles. The first-order valence-electron chi connectivity index (χ1n) is 8.01. The summed E-state index contributed by atoms with van der Waals surface area (Å²) in [6.07, 6.45) is 1.67. The second-order valence-corrected chi connectivity index (χ2v) is 5.87. The van der Waals surface area contributed by atoms with Crippen molar-refractivity contribution in [1.29, 1.82) is 0 Å². The third-order valence-electron chi connectivity index (χ3n) is 3.96. The van der Waals surface area contributed by atoms with E-state index in [-0.39, 0.29) is 48.3 Å². The minimum atomic E-state index is -1.23. The largest absolute Gasteiger partial charge is 1.00 e. The third kappa shape index (κ3) is 5.39. The molecule has 0 aliphatic carbocycles. The number of anilines is 1. The molecule has 0 aliphatic heterocycles. The van der Waals surface area contributed by atoms with E-state index in [2.05, 4.69) is 10.3 Å². The number of hydrogen-bond acceptors (Lipinski definition) is 4. The van der Waals surface area contributed by atoms with Gasteiger partial charge in [0.25, 0.3) is 0 Å². The topological polar surface area (TPSA) is 82.1 Å². The molecule has 0 radical (unpaired) electrons. The maximum Gasteiger partial charge on any atom is 1.00 e. The van der Waals surface area contributed by atoms with Gasteiger partial charge in [0.15, 0.2) is 0 Å². The zero-order valence-electron chi connectivity index (χ0n) is 14.5. The Morgan fingerprint density at radius 3 is 2.46 bits per heavy atom. The summed E-state index contributed by atoms with van der Waals surface area (Å²) in [5, 5.41) is 15.0. The van der Waals surface area contributed by atoms with Crippen molar-refractivity contribution in [1.82, 2.24) is 4.98 Å². The number of pyridine rings is 1. The normalized spacial score (nSPS) is 11.4. The van der Waals surface area contributed by atoms with Crippen LogP contribution in [0.25, 0.3) is 10.9 Å². The van der Waals surface area contributed by atoms with Gasteiger partial charge in [-0.2, -0.15) is 0 Å². The molecule has 0 bridgehead atoms. The zero-order valence-corrected chi connectivity index (χ0v) is 16.5. The van der Waals surface area contributed by atoms with Gasteiger partial charge in [-0.25, -0.2) is 0 Å². The number of carboxylic acid groups (broad SMARTS) is 1. The number of aromatic nitrogens is 1. The smallest absolute Gasteiger partial charge is 0.550 e. The number of hydrogen-bond donors (Lipinski definition) is 1. The van der Waals surface area contributed by atoms with E-state index in [0.717, 1.165) is 16.5 Å². The molecule has 2 aromatic carbocycles. The fourth-order valence-corrected chi connectivity index (χ4v) is 2.71. The van der Waals surface area contributed by atoms with E-state index < -0.39 is 11.9 Å². The molecule has 6 heteroatoms. The van der Waals surface area contributed by atoms with Gasteiger partial charge in [-0.15, -0.1) is 0 Å². The molecule has 1 aromatic heterocycles. The maximum absolute atomic E-state index is 12.2. The first-order valence-corrected chi connectivity index (χ1v) is 8.01. The summed E-state index contributed by atoms with van der Waals surface area (Å²) in [4.78, 5) is 27.9. The second-order valence-electron chi connectivity index (χ2n) is 5.87. The molecule has 5 nitrogen and oxygen atoms in total.